The van der Waals surface area contributed by atoms with Gasteiger partial charge in [0.15, 0.2) is 10.8 Å². The molecule has 0 spiro atoms. The lowest BCUT2D eigenvalue weighted by Crippen LogP contribution is -2.23. The first-order chi connectivity index (χ1) is 14.7. The number of nitrogens with zero attached hydrogens (tertiary/aromatic N) is 3. The standard InChI is InChI=1S/C24H20ClN3OS/c25-20-12-6-4-9-17(20)15-30-24-27-22-19(14-16-8-5-7-13-21(16)26-22)23(29)28(24)18-10-2-1-3-11-18/h1-4,6,9-12,14H,5,7-8,13,15H2. The fraction of sp³-hybridized carbons (Fsp3) is 0.208. The molecule has 150 valence electrons. The molecule has 0 amide bonds. The molecule has 0 saturated carbocycles. The van der Waals surface area contributed by atoms with Crippen LogP contribution in [0.2, 0.25) is 5.02 Å². The highest BCUT2D eigenvalue weighted by Crippen LogP contribution is 2.28. The van der Waals surface area contributed by atoms with Gasteiger partial charge < -0.3 is 0 Å². The van der Waals surface area contributed by atoms with E-state index in [1.54, 1.807) is 4.57 Å². The van der Waals surface area contributed by atoms with Crippen LogP contribution in [-0.4, -0.2) is 14.5 Å². The summed E-state index contributed by atoms with van der Waals surface area (Å²) in [5.74, 6) is 0.620. The van der Waals surface area contributed by atoms with Gasteiger partial charge in [0.25, 0.3) is 5.56 Å². The third kappa shape index (κ3) is 3.64. The number of fused-ring (bicyclic) bond motifs is 2. The normalized spacial score (nSPS) is 13.4. The van der Waals surface area contributed by atoms with E-state index in [0.717, 1.165) is 42.6 Å². The summed E-state index contributed by atoms with van der Waals surface area (Å²) < 4.78 is 1.70. The predicted octanol–water partition coefficient (Wildman–Crippen LogP) is 5.61. The molecule has 2 aromatic carbocycles. The quantitative estimate of drug-likeness (QED) is 0.310. The zero-order valence-electron chi connectivity index (χ0n) is 16.3. The van der Waals surface area contributed by atoms with Crippen molar-refractivity contribution in [3.8, 4) is 5.69 Å². The van der Waals surface area contributed by atoms with Gasteiger partial charge in [0.1, 0.15) is 0 Å². The van der Waals surface area contributed by atoms with Gasteiger partial charge in [0.05, 0.1) is 11.1 Å². The Hall–Kier alpha value is -2.63. The Morgan fingerprint density at radius 2 is 1.73 bits per heavy atom. The highest BCUT2D eigenvalue weighted by atomic mass is 35.5. The van der Waals surface area contributed by atoms with Gasteiger partial charge in [-0.15, -0.1) is 0 Å². The molecule has 1 aliphatic rings. The zero-order chi connectivity index (χ0) is 20.5. The van der Waals surface area contributed by atoms with Gasteiger partial charge in [-0.2, -0.15) is 0 Å². The van der Waals surface area contributed by atoms with Crippen LogP contribution in [0.15, 0.2) is 70.6 Å². The smallest absolute Gasteiger partial charge is 0.268 e. The molecule has 2 heterocycles. The van der Waals surface area contributed by atoms with Crippen LogP contribution < -0.4 is 5.56 Å². The first-order valence-corrected chi connectivity index (χ1v) is 11.4. The van der Waals surface area contributed by atoms with Crippen LogP contribution in [0.4, 0.5) is 0 Å². The average molecular weight is 434 g/mol. The van der Waals surface area contributed by atoms with Gasteiger partial charge in [-0.25, -0.2) is 9.97 Å². The maximum absolute atomic E-state index is 13.6. The molecule has 0 bridgehead atoms. The summed E-state index contributed by atoms with van der Waals surface area (Å²) >= 11 is 7.84. The summed E-state index contributed by atoms with van der Waals surface area (Å²) in [6, 6.07) is 19.4. The number of hydrogen-bond donors (Lipinski definition) is 0. The fourth-order valence-corrected chi connectivity index (χ4v) is 5.16. The van der Waals surface area contributed by atoms with Crippen molar-refractivity contribution in [2.24, 2.45) is 0 Å². The molecule has 0 fully saturated rings. The third-order valence-corrected chi connectivity index (χ3v) is 6.79. The summed E-state index contributed by atoms with van der Waals surface area (Å²) in [4.78, 5) is 23.2. The number of para-hydroxylation sites is 1. The van der Waals surface area contributed by atoms with Gasteiger partial charge in [0.2, 0.25) is 0 Å². The lowest BCUT2D eigenvalue weighted by Gasteiger charge is -2.17. The van der Waals surface area contributed by atoms with E-state index in [1.807, 2.05) is 60.7 Å². The van der Waals surface area contributed by atoms with Crippen molar-refractivity contribution >= 4 is 34.4 Å². The minimum absolute atomic E-state index is 0.0752. The van der Waals surface area contributed by atoms with E-state index < -0.39 is 0 Å². The molecule has 0 aliphatic heterocycles. The van der Waals surface area contributed by atoms with E-state index in [-0.39, 0.29) is 5.56 Å². The number of pyridine rings is 1. The summed E-state index contributed by atoms with van der Waals surface area (Å²) in [7, 11) is 0. The summed E-state index contributed by atoms with van der Waals surface area (Å²) in [5.41, 5.74) is 4.54. The van der Waals surface area contributed by atoms with Crippen LogP contribution in [-0.2, 0) is 18.6 Å². The Balaban J connectivity index is 1.67. The highest BCUT2D eigenvalue weighted by Gasteiger charge is 2.18. The second kappa shape index (κ2) is 8.25. The number of hydrogen-bond acceptors (Lipinski definition) is 4. The summed E-state index contributed by atoms with van der Waals surface area (Å²) in [6.07, 6.45) is 4.22. The molecular weight excluding hydrogens is 414 g/mol. The van der Waals surface area contributed by atoms with Gasteiger partial charge in [-0.3, -0.25) is 9.36 Å². The van der Waals surface area contributed by atoms with Crippen LogP contribution in [0.3, 0.4) is 0 Å². The number of aromatic nitrogens is 3. The molecule has 4 nitrogen and oxygen atoms in total. The van der Waals surface area contributed by atoms with Gasteiger partial charge in [-0.05, 0) is 61.1 Å². The van der Waals surface area contributed by atoms with E-state index in [1.165, 1.54) is 17.3 Å². The van der Waals surface area contributed by atoms with Crippen molar-refractivity contribution in [3.63, 3.8) is 0 Å². The van der Waals surface area contributed by atoms with Crippen molar-refractivity contribution < 1.29 is 0 Å². The monoisotopic (exact) mass is 433 g/mol. The largest absolute Gasteiger partial charge is 0.268 e. The molecule has 1 aliphatic carbocycles. The SMILES string of the molecule is O=c1c2cc3c(nc2nc(SCc2ccccc2Cl)n1-c1ccccc1)CCCC3. The van der Waals surface area contributed by atoms with Crippen molar-refractivity contribution in [2.45, 2.75) is 36.6 Å². The maximum atomic E-state index is 13.6. The minimum atomic E-state index is -0.0752. The number of benzene rings is 2. The molecule has 5 rings (SSSR count). The van der Waals surface area contributed by atoms with Crippen LogP contribution >= 0.6 is 23.4 Å². The average Bonchev–Trinajstić information content (AvgIpc) is 2.78. The topological polar surface area (TPSA) is 47.8 Å². The van der Waals surface area contributed by atoms with Crippen molar-refractivity contribution in [2.75, 3.05) is 0 Å². The zero-order valence-corrected chi connectivity index (χ0v) is 17.9. The molecule has 0 saturated heterocycles. The molecule has 2 aromatic heterocycles. The van der Waals surface area contributed by atoms with Crippen LogP contribution in [0.5, 0.6) is 0 Å². The van der Waals surface area contributed by atoms with Crippen LogP contribution in [0.25, 0.3) is 16.7 Å². The number of aryl methyl sites for hydroxylation is 2. The Morgan fingerprint density at radius 3 is 2.57 bits per heavy atom. The van der Waals surface area contributed by atoms with Gasteiger partial charge >= 0.3 is 0 Å². The van der Waals surface area contributed by atoms with E-state index in [9.17, 15) is 4.79 Å². The Bertz CT molecular complexity index is 1290. The van der Waals surface area contributed by atoms with E-state index >= 15 is 0 Å². The predicted molar refractivity (Wildman–Crippen MR) is 123 cm³/mol. The van der Waals surface area contributed by atoms with Crippen molar-refractivity contribution in [1.82, 2.24) is 14.5 Å². The number of rotatable bonds is 4. The van der Waals surface area contributed by atoms with Gasteiger partial charge in [-0.1, -0.05) is 59.8 Å². The van der Waals surface area contributed by atoms with Crippen LogP contribution in [0.1, 0.15) is 29.7 Å². The highest BCUT2D eigenvalue weighted by molar-refractivity contribution is 7.98. The molecule has 6 heteroatoms. The first kappa shape index (κ1) is 19.3. The maximum Gasteiger partial charge on any atom is 0.268 e. The number of thioether (sulfide) groups is 1. The van der Waals surface area contributed by atoms with Crippen molar-refractivity contribution in [1.29, 1.82) is 0 Å². The van der Waals surface area contributed by atoms with Crippen molar-refractivity contribution in [3.05, 3.63) is 92.9 Å². The lowest BCUT2D eigenvalue weighted by atomic mass is 9.95. The molecule has 4 aromatic rings. The third-order valence-electron chi connectivity index (χ3n) is 5.44. The molecule has 30 heavy (non-hydrogen) atoms. The molecule has 0 radical (unpaired) electrons. The van der Waals surface area contributed by atoms with Crippen LogP contribution in [0, 0.1) is 0 Å². The van der Waals surface area contributed by atoms with E-state index in [2.05, 4.69) is 0 Å². The molecular formula is C24H20ClN3OS. The van der Waals surface area contributed by atoms with E-state index in [0.29, 0.717) is 27.0 Å². The molecule has 0 N–H and O–H groups in total. The Labute approximate surface area is 184 Å². The summed E-state index contributed by atoms with van der Waals surface area (Å²) in [6.45, 7) is 0. The molecule has 0 atom stereocenters. The second-order valence-corrected chi connectivity index (χ2v) is 8.77. The Morgan fingerprint density at radius 1 is 0.967 bits per heavy atom. The number of halogens is 1. The summed E-state index contributed by atoms with van der Waals surface area (Å²) in [5, 5.41) is 1.93. The minimum Gasteiger partial charge on any atom is -0.268 e. The first-order valence-electron chi connectivity index (χ1n) is 10.1. The molecule has 0 unspecified atom stereocenters. The Kier molecular flexibility index (Phi) is 5.32. The fourth-order valence-electron chi connectivity index (χ4n) is 3.87. The second-order valence-electron chi connectivity index (χ2n) is 7.42. The van der Waals surface area contributed by atoms with E-state index in [4.69, 9.17) is 21.6 Å². The van der Waals surface area contributed by atoms with Gasteiger partial charge in [0, 0.05) is 16.5 Å². The lowest BCUT2D eigenvalue weighted by molar-refractivity contribution is 0.669.